The van der Waals surface area contributed by atoms with Gasteiger partial charge < -0.3 is 16.3 Å². The zero-order chi connectivity index (χ0) is 21.1. The molecule has 3 heterocycles. The minimum absolute atomic E-state index is 0.280. The van der Waals surface area contributed by atoms with Gasteiger partial charge in [-0.1, -0.05) is 17.7 Å². The van der Waals surface area contributed by atoms with E-state index in [4.69, 9.17) is 33.0 Å². The third-order valence-electron chi connectivity index (χ3n) is 4.68. The van der Waals surface area contributed by atoms with Gasteiger partial charge in [0, 0.05) is 10.9 Å². The molecule has 0 spiro atoms. The Labute approximate surface area is 171 Å². The van der Waals surface area contributed by atoms with E-state index in [9.17, 15) is 4.79 Å². The van der Waals surface area contributed by atoms with Crippen LogP contribution < -0.4 is 16.3 Å². The van der Waals surface area contributed by atoms with E-state index in [1.54, 1.807) is 22.9 Å². The van der Waals surface area contributed by atoms with E-state index < -0.39 is 5.91 Å². The molecule has 0 fully saturated rings. The van der Waals surface area contributed by atoms with E-state index in [1.807, 2.05) is 20.8 Å². The number of nitrogens with two attached hydrogens (primary N) is 2. The van der Waals surface area contributed by atoms with E-state index in [2.05, 4.69) is 9.97 Å². The first kappa shape index (κ1) is 19.0. The van der Waals surface area contributed by atoms with Crippen LogP contribution in [0, 0.1) is 0 Å². The second kappa shape index (κ2) is 6.35. The summed E-state index contributed by atoms with van der Waals surface area (Å²) in [6, 6.07) is 4.96. The first-order valence-corrected chi connectivity index (χ1v) is 9.21. The van der Waals surface area contributed by atoms with E-state index in [0.29, 0.717) is 43.9 Å². The third-order valence-corrected chi connectivity index (χ3v) is 5.07. The number of primary amides is 1. The maximum atomic E-state index is 11.6. The summed E-state index contributed by atoms with van der Waals surface area (Å²) in [5.74, 6) is -0.268. The Kier molecular flexibility index (Phi) is 4.16. The first-order valence-electron chi connectivity index (χ1n) is 8.83. The van der Waals surface area contributed by atoms with E-state index in [0.717, 1.165) is 0 Å². The average Bonchev–Trinajstić information content (AvgIpc) is 3.17. The Bertz CT molecular complexity index is 1280. The van der Waals surface area contributed by atoms with Crippen molar-refractivity contribution >= 4 is 45.3 Å². The lowest BCUT2D eigenvalue weighted by Crippen LogP contribution is -2.23. The molecule has 150 valence electrons. The van der Waals surface area contributed by atoms with Gasteiger partial charge in [0.25, 0.3) is 0 Å². The average molecular weight is 414 g/mol. The molecule has 0 aliphatic heterocycles. The van der Waals surface area contributed by atoms with Crippen molar-refractivity contribution in [1.82, 2.24) is 24.5 Å². The summed E-state index contributed by atoms with van der Waals surface area (Å²) < 4.78 is 3.28. The van der Waals surface area contributed by atoms with Crippen LogP contribution in [0.15, 0.2) is 24.5 Å². The topological polar surface area (TPSA) is 127 Å². The van der Waals surface area contributed by atoms with Crippen molar-refractivity contribution < 1.29 is 9.63 Å². The highest BCUT2D eigenvalue weighted by molar-refractivity contribution is 6.39. The van der Waals surface area contributed by atoms with Crippen LogP contribution in [0.25, 0.3) is 33.3 Å². The highest BCUT2D eigenvalue weighted by Gasteiger charge is 2.29. The molecule has 9 nitrogen and oxygen atoms in total. The fraction of sp³-hybridized carbons (Fsp3) is 0.263. The summed E-state index contributed by atoms with van der Waals surface area (Å²) >= 11 is 6.74. The number of halogens is 1. The predicted octanol–water partition coefficient (Wildman–Crippen LogP) is 2.60. The summed E-state index contributed by atoms with van der Waals surface area (Å²) in [5.41, 5.74) is 13.7. The van der Waals surface area contributed by atoms with Gasteiger partial charge in [-0.3, -0.25) is 4.79 Å². The lowest BCUT2D eigenvalue weighted by Gasteiger charge is -2.19. The minimum atomic E-state index is -0.548. The van der Waals surface area contributed by atoms with Crippen LogP contribution in [0.5, 0.6) is 0 Å². The normalized spacial score (nSPS) is 12.0. The van der Waals surface area contributed by atoms with Gasteiger partial charge in [-0.05, 0) is 32.9 Å². The van der Waals surface area contributed by atoms with Crippen LogP contribution in [0.3, 0.4) is 0 Å². The minimum Gasteiger partial charge on any atom is -0.416 e. The van der Waals surface area contributed by atoms with Crippen LogP contribution in [-0.4, -0.2) is 37.5 Å². The number of hydrogen-bond acceptors (Lipinski definition) is 6. The molecule has 0 saturated heterocycles. The fourth-order valence-corrected chi connectivity index (χ4v) is 3.70. The predicted molar refractivity (Wildman–Crippen MR) is 112 cm³/mol. The van der Waals surface area contributed by atoms with Gasteiger partial charge in [-0.15, -0.1) is 0 Å². The molecule has 0 radical (unpaired) electrons. The van der Waals surface area contributed by atoms with E-state index >= 15 is 0 Å². The first-order chi connectivity index (χ1) is 13.6. The molecule has 0 bridgehead atoms. The molecule has 0 atom stereocenters. The number of aromatic nitrogens is 5. The molecule has 0 saturated carbocycles. The number of rotatable bonds is 3. The number of anilines is 1. The van der Waals surface area contributed by atoms with Crippen LogP contribution in [0.1, 0.15) is 31.1 Å². The molecule has 0 aliphatic carbocycles. The number of benzene rings is 1. The Balaban J connectivity index is 2.14. The van der Waals surface area contributed by atoms with Crippen LogP contribution >= 0.6 is 11.6 Å². The second-order valence-electron chi connectivity index (χ2n) is 7.62. The SMILES string of the molecule is COn1c(-c2nn(C(C)(C)C)c3ncnc(N)c23)c(Cl)c2ccc(C(N)=O)cc21. The van der Waals surface area contributed by atoms with E-state index in [-0.39, 0.29) is 11.4 Å². The Morgan fingerprint density at radius 2 is 1.97 bits per heavy atom. The van der Waals surface area contributed by atoms with E-state index in [1.165, 1.54) is 18.2 Å². The van der Waals surface area contributed by atoms with Crippen LogP contribution in [0.4, 0.5) is 5.82 Å². The highest BCUT2D eigenvalue weighted by Crippen LogP contribution is 2.41. The van der Waals surface area contributed by atoms with Gasteiger partial charge in [0.15, 0.2) is 5.65 Å². The summed E-state index contributed by atoms with van der Waals surface area (Å²) in [4.78, 5) is 25.7. The summed E-state index contributed by atoms with van der Waals surface area (Å²) in [7, 11) is 1.50. The molecule has 0 aliphatic rings. The quantitative estimate of drug-likeness (QED) is 0.531. The molecule has 4 rings (SSSR count). The molecule has 4 N–H and O–H groups in total. The van der Waals surface area contributed by atoms with Gasteiger partial charge >= 0.3 is 0 Å². The molecule has 1 amide bonds. The lowest BCUT2D eigenvalue weighted by molar-refractivity contribution is 0.100. The Morgan fingerprint density at radius 1 is 1.24 bits per heavy atom. The Morgan fingerprint density at radius 3 is 2.59 bits per heavy atom. The van der Waals surface area contributed by atoms with Gasteiger partial charge in [-0.25, -0.2) is 14.6 Å². The van der Waals surface area contributed by atoms with Crippen molar-refractivity contribution in [1.29, 1.82) is 0 Å². The molecule has 0 unspecified atom stereocenters. The number of nitrogen functional groups attached to an aromatic ring is 1. The molecule has 1 aromatic carbocycles. The highest BCUT2D eigenvalue weighted by atomic mass is 35.5. The monoisotopic (exact) mass is 413 g/mol. The number of carbonyl (C=O) groups excluding carboxylic acids is 1. The number of carbonyl (C=O) groups is 1. The summed E-state index contributed by atoms with van der Waals surface area (Å²) in [6.07, 6.45) is 1.40. The van der Waals surface area contributed by atoms with Crippen molar-refractivity contribution in [2.45, 2.75) is 26.3 Å². The number of amides is 1. The lowest BCUT2D eigenvalue weighted by atomic mass is 10.1. The van der Waals surface area contributed by atoms with Crippen molar-refractivity contribution in [3.05, 3.63) is 35.1 Å². The van der Waals surface area contributed by atoms with Crippen molar-refractivity contribution in [2.75, 3.05) is 12.8 Å². The van der Waals surface area contributed by atoms with Gasteiger partial charge in [0.1, 0.15) is 30.6 Å². The molecule has 4 aromatic rings. The summed E-state index contributed by atoms with van der Waals surface area (Å²) in [6.45, 7) is 6.02. The summed E-state index contributed by atoms with van der Waals surface area (Å²) in [5, 5.41) is 6.43. The van der Waals surface area contributed by atoms with Gasteiger partial charge in [0.05, 0.1) is 21.5 Å². The molecular weight excluding hydrogens is 394 g/mol. The fourth-order valence-electron chi connectivity index (χ4n) is 3.37. The molecule has 3 aromatic heterocycles. The maximum Gasteiger partial charge on any atom is 0.248 e. The van der Waals surface area contributed by atoms with Gasteiger partial charge in [-0.2, -0.15) is 9.83 Å². The molecular formula is C19H20ClN7O2. The molecule has 10 heteroatoms. The van der Waals surface area contributed by atoms with Gasteiger partial charge in [0.2, 0.25) is 5.91 Å². The zero-order valence-corrected chi connectivity index (χ0v) is 17.2. The second-order valence-corrected chi connectivity index (χ2v) is 8.00. The number of fused-ring (bicyclic) bond motifs is 2. The van der Waals surface area contributed by atoms with Crippen molar-refractivity contribution in [3.63, 3.8) is 0 Å². The standard InChI is InChI=1S/C19H20ClN7O2/c1-19(2,3)27-18-12(16(21)23-8-24-18)14(25-27)15-13(20)10-6-5-9(17(22)28)7-11(10)26(15)29-4/h5-8H,1-4H3,(H2,22,28)(H2,21,23,24). The third kappa shape index (κ3) is 2.77. The van der Waals surface area contributed by atoms with Crippen LogP contribution in [-0.2, 0) is 5.54 Å². The molecule has 29 heavy (non-hydrogen) atoms. The largest absolute Gasteiger partial charge is 0.416 e. The smallest absolute Gasteiger partial charge is 0.248 e. The van der Waals surface area contributed by atoms with Crippen LogP contribution in [0.2, 0.25) is 5.02 Å². The zero-order valence-electron chi connectivity index (χ0n) is 16.4. The van der Waals surface area contributed by atoms with Crippen molar-refractivity contribution in [3.8, 4) is 11.4 Å². The number of hydrogen-bond donors (Lipinski definition) is 2. The maximum absolute atomic E-state index is 11.6. The van der Waals surface area contributed by atoms with Crippen molar-refractivity contribution in [2.24, 2.45) is 5.73 Å². The Hall–Kier alpha value is -3.33. The number of nitrogens with zero attached hydrogens (tertiary/aromatic N) is 5.